The van der Waals surface area contributed by atoms with Crippen LogP contribution in [0.1, 0.15) is 25.0 Å². The van der Waals surface area contributed by atoms with Crippen molar-refractivity contribution in [3.8, 4) is 27.9 Å². The highest BCUT2D eigenvalue weighted by Gasteiger charge is 2.37. The molecule has 2 nitrogen and oxygen atoms in total. The summed E-state index contributed by atoms with van der Waals surface area (Å²) in [5.41, 5.74) is 15.3. The van der Waals surface area contributed by atoms with Crippen LogP contribution in [-0.4, -0.2) is 8.97 Å². The molecule has 2 heteroatoms. The van der Waals surface area contributed by atoms with Gasteiger partial charge in [-0.25, -0.2) is 0 Å². The van der Waals surface area contributed by atoms with Gasteiger partial charge in [0.05, 0.1) is 27.6 Å². The SMILES string of the molecule is CC1(C)c2ccc(-c3ccc4c(c3)c3ccccc3n4-c3ccc4c5ccccc5c5ccccc5c4c3)cc2-c2c1ccc1c2ccc2c1c1cccc3c4ccccc4n2c31. The van der Waals surface area contributed by atoms with Gasteiger partial charge in [0.25, 0.3) is 0 Å². The van der Waals surface area contributed by atoms with Crippen LogP contribution in [0.5, 0.6) is 0 Å². The van der Waals surface area contributed by atoms with Crippen molar-refractivity contribution in [2.24, 2.45) is 0 Å². The second kappa shape index (κ2) is 11.7. The molecule has 63 heavy (non-hydrogen) atoms. The Kier molecular flexibility index (Phi) is 6.27. The summed E-state index contributed by atoms with van der Waals surface area (Å²) in [6.45, 7) is 4.79. The van der Waals surface area contributed by atoms with Gasteiger partial charge in [-0.1, -0.05) is 159 Å². The molecule has 3 aromatic heterocycles. The van der Waals surface area contributed by atoms with Crippen molar-refractivity contribution < 1.29 is 0 Å². The third kappa shape index (κ3) is 4.19. The zero-order valence-electron chi connectivity index (χ0n) is 34.9. The molecule has 1 aliphatic carbocycles. The minimum atomic E-state index is -0.118. The van der Waals surface area contributed by atoms with Gasteiger partial charge in [-0.05, 0) is 125 Å². The molecular formula is C61H38N2. The van der Waals surface area contributed by atoms with Crippen molar-refractivity contribution in [2.75, 3.05) is 0 Å². The summed E-state index contributed by atoms with van der Waals surface area (Å²) in [5, 5.41) is 18.2. The lowest BCUT2D eigenvalue weighted by Gasteiger charge is -2.21. The number of aromatic nitrogens is 2. The quantitative estimate of drug-likeness (QED) is 0.154. The molecule has 0 atom stereocenters. The second-order valence-corrected chi connectivity index (χ2v) is 18.4. The molecule has 0 amide bonds. The van der Waals surface area contributed by atoms with E-state index in [4.69, 9.17) is 0 Å². The van der Waals surface area contributed by atoms with Crippen LogP contribution in [0.2, 0.25) is 0 Å². The third-order valence-electron chi connectivity index (χ3n) is 15.0. The van der Waals surface area contributed by atoms with Crippen molar-refractivity contribution in [1.29, 1.82) is 0 Å². The van der Waals surface area contributed by atoms with Gasteiger partial charge in [-0.15, -0.1) is 0 Å². The summed E-state index contributed by atoms with van der Waals surface area (Å²) in [6.07, 6.45) is 0. The Morgan fingerprint density at radius 2 is 0.873 bits per heavy atom. The smallest absolute Gasteiger partial charge is 0.0620 e. The Balaban J connectivity index is 0.923. The summed E-state index contributed by atoms with van der Waals surface area (Å²) in [7, 11) is 0. The zero-order valence-corrected chi connectivity index (χ0v) is 34.9. The number of fused-ring (bicyclic) bond motifs is 21. The fourth-order valence-corrected chi connectivity index (χ4v) is 12.2. The summed E-state index contributed by atoms with van der Waals surface area (Å²) in [5.74, 6) is 0. The Labute approximate surface area is 362 Å². The molecule has 15 rings (SSSR count). The fraction of sp³-hybridized carbons (Fsp3) is 0.0492. The van der Waals surface area contributed by atoms with Crippen molar-refractivity contribution in [3.05, 3.63) is 205 Å². The average molecular weight is 799 g/mol. The first-order chi connectivity index (χ1) is 31.0. The summed E-state index contributed by atoms with van der Waals surface area (Å²) in [4.78, 5) is 0. The maximum Gasteiger partial charge on any atom is 0.0620 e. The summed E-state index contributed by atoms with van der Waals surface area (Å²) >= 11 is 0. The number of para-hydroxylation sites is 3. The molecule has 11 aromatic carbocycles. The van der Waals surface area contributed by atoms with Crippen LogP contribution in [0.25, 0.3) is 131 Å². The topological polar surface area (TPSA) is 9.34 Å². The van der Waals surface area contributed by atoms with Crippen LogP contribution < -0.4 is 0 Å². The second-order valence-electron chi connectivity index (χ2n) is 18.4. The largest absolute Gasteiger partial charge is 0.309 e. The lowest BCUT2D eigenvalue weighted by atomic mass is 9.81. The molecule has 0 aliphatic heterocycles. The van der Waals surface area contributed by atoms with Crippen molar-refractivity contribution in [3.63, 3.8) is 0 Å². The molecule has 0 spiro atoms. The van der Waals surface area contributed by atoms with Gasteiger partial charge >= 0.3 is 0 Å². The fourth-order valence-electron chi connectivity index (χ4n) is 12.2. The standard InChI is InChI=1S/C61H38N2/c1-61(2)52-28-22-35(33-51(52)58-45-27-31-57-59(46(45)26-29-53(58)61)48-19-11-18-47-43-16-7-10-21-55(43)63(57)60(47)48)36-23-30-56-50(32-36)44-17-8-9-20-54(44)62(56)37-24-25-42-40-14-4-3-12-38(40)39-13-5-6-15-41(39)49(42)34-37/h3-34H,1-2H3. The molecule has 0 saturated heterocycles. The van der Waals surface area contributed by atoms with E-state index in [0.29, 0.717) is 0 Å². The van der Waals surface area contributed by atoms with Crippen LogP contribution in [0.4, 0.5) is 0 Å². The molecule has 292 valence electrons. The normalized spacial score (nSPS) is 13.7. The van der Waals surface area contributed by atoms with E-state index in [0.717, 1.165) is 0 Å². The van der Waals surface area contributed by atoms with Crippen LogP contribution in [-0.2, 0) is 5.41 Å². The van der Waals surface area contributed by atoms with E-state index < -0.39 is 0 Å². The van der Waals surface area contributed by atoms with E-state index >= 15 is 0 Å². The number of nitrogens with zero attached hydrogens (tertiary/aromatic N) is 2. The lowest BCUT2D eigenvalue weighted by Crippen LogP contribution is -2.14. The predicted octanol–water partition coefficient (Wildman–Crippen LogP) is 16.5. The Hall–Kier alpha value is -7.94. The average Bonchev–Trinajstić information content (AvgIpc) is 4.04. The van der Waals surface area contributed by atoms with Gasteiger partial charge in [-0.2, -0.15) is 0 Å². The van der Waals surface area contributed by atoms with Gasteiger partial charge in [-0.3, -0.25) is 0 Å². The molecular weight excluding hydrogens is 761 g/mol. The van der Waals surface area contributed by atoms with Gasteiger partial charge in [0.15, 0.2) is 0 Å². The van der Waals surface area contributed by atoms with Gasteiger partial charge in [0, 0.05) is 43.4 Å². The van der Waals surface area contributed by atoms with Crippen molar-refractivity contribution >= 4 is 103 Å². The predicted molar refractivity (Wildman–Crippen MR) is 268 cm³/mol. The molecule has 0 fully saturated rings. The Bertz CT molecular complexity index is 4310. The zero-order chi connectivity index (χ0) is 41.3. The third-order valence-corrected chi connectivity index (χ3v) is 15.0. The van der Waals surface area contributed by atoms with Crippen LogP contribution in [0, 0.1) is 0 Å². The highest BCUT2D eigenvalue weighted by Crippen LogP contribution is 2.54. The van der Waals surface area contributed by atoms with E-state index in [1.54, 1.807) is 0 Å². The first-order valence-electron chi connectivity index (χ1n) is 22.2. The Morgan fingerprint density at radius 3 is 1.65 bits per heavy atom. The van der Waals surface area contributed by atoms with E-state index in [1.807, 2.05) is 0 Å². The van der Waals surface area contributed by atoms with E-state index in [1.165, 1.54) is 142 Å². The molecule has 0 saturated carbocycles. The maximum atomic E-state index is 2.49. The molecule has 0 radical (unpaired) electrons. The van der Waals surface area contributed by atoms with Crippen LogP contribution in [0.15, 0.2) is 194 Å². The maximum absolute atomic E-state index is 2.49. The Morgan fingerprint density at radius 1 is 0.333 bits per heavy atom. The minimum Gasteiger partial charge on any atom is -0.309 e. The molecule has 14 aromatic rings. The van der Waals surface area contributed by atoms with E-state index in [-0.39, 0.29) is 5.41 Å². The highest BCUT2D eigenvalue weighted by atomic mass is 15.0. The summed E-state index contributed by atoms with van der Waals surface area (Å²) < 4.78 is 4.96. The monoisotopic (exact) mass is 798 g/mol. The molecule has 1 aliphatic rings. The summed E-state index contributed by atoms with van der Waals surface area (Å²) in [6, 6.07) is 73.2. The first-order valence-corrected chi connectivity index (χ1v) is 22.2. The highest BCUT2D eigenvalue weighted by molar-refractivity contribution is 6.30. The van der Waals surface area contributed by atoms with Gasteiger partial charge in [0.1, 0.15) is 0 Å². The molecule has 0 bridgehead atoms. The number of rotatable bonds is 2. The number of hydrogen-bond donors (Lipinski definition) is 0. The minimum absolute atomic E-state index is 0.118. The number of hydrogen-bond acceptors (Lipinski definition) is 0. The molecule has 0 unspecified atom stereocenters. The van der Waals surface area contributed by atoms with Crippen molar-refractivity contribution in [1.82, 2.24) is 8.97 Å². The van der Waals surface area contributed by atoms with E-state index in [2.05, 4.69) is 217 Å². The van der Waals surface area contributed by atoms with Gasteiger partial charge in [0.2, 0.25) is 0 Å². The lowest BCUT2D eigenvalue weighted by molar-refractivity contribution is 0.661. The molecule has 3 heterocycles. The van der Waals surface area contributed by atoms with Crippen LogP contribution >= 0.6 is 0 Å². The van der Waals surface area contributed by atoms with Crippen LogP contribution in [0.3, 0.4) is 0 Å². The molecule has 0 N–H and O–H groups in total. The first kappa shape index (κ1) is 33.7. The van der Waals surface area contributed by atoms with Crippen molar-refractivity contribution in [2.45, 2.75) is 19.3 Å². The number of benzene rings is 11. The van der Waals surface area contributed by atoms with E-state index in [9.17, 15) is 0 Å². The van der Waals surface area contributed by atoms with Gasteiger partial charge < -0.3 is 8.97 Å².